The molecule has 0 radical (unpaired) electrons. The third kappa shape index (κ3) is 5.08. The van der Waals surface area contributed by atoms with E-state index in [2.05, 4.69) is 14.9 Å². The first-order valence-electron chi connectivity index (χ1n) is 9.00. The molecule has 0 aliphatic carbocycles. The third-order valence-corrected chi connectivity index (χ3v) is 6.64. The lowest BCUT2D eigenvalue weighted by Gasteiger charge is -2.13. The molecular formula is C19H21N3O5S2. The maximum Gasteiger partial charge on any atom is 0.338 e. The summed E-state index contributed by atoms with van der Waals surface area (Å²) in [6, 6.07) is 9.09. The van der Waals surface area contributed by atoms with Crippen LogP contribution >= 0.6 is 11.3 Å². The molecule has 0 saturated heterocycles. The topological polar surface area (TPSA) is 111 Å². The smallest absolute Gasteiger partial charge is 0.338 e. The first-order valence-corrected chi connectivity index (χ1v) is 11.4. The summed E-state index contributed by atoms with van der Waals surface area (Å²) in [4.78, 5) is 13.3. The van der Waals surface area contributed by atoms with E-state index in [0.717, 1.165) is 4.88 Å². The van der Waals surface area contributed by atoms with Crippen molar-refractivity contribution in [2.45, 2.75) is 44.2 Å². The van der Waals surface area contributed by atoms with Gasteiger partial charge in [-0.05, 0) is 56.0 Å². The van der Waals surface area contributed by atoms with Gasteiger partial charge in [-0.3, -0.25) is 0 Å². The fourth-order valence-electron chi connectivity index (χ4n) is 2.36. The number of aromatic nitrogens is 2. The third-order valence-electron chi connectivity index (χ3n) is 4.17. The fraction of sp³-hybridized carbons (Fsp3) is 0.316. The van der Waals surface area contributed by atoms with Gasteiger partial charge in [-0.25, -0.2) is 17.9 Å². The number of ether oxygens (including phenoxy) is 1. The second-order valence-electron chi connectivity index (χ2n) is 6.43. The lowest BCUT2D eigenvalue weighted by atomic mass is 10.2. The van der Waals surface area contributed by atoms with E-state index in [-0.39, 0.29) is 22.4 Å². The Bertz CT molecular complexity index is 1060. The van der Waals surface area contributed by atoms with Gasteiger partial charge in [-0.2, -0.15) is 0 Å². The van der Waals surface area contributed by atoms with Crippen LogP contribution in [0.4, 0.5) is 0 Å². The van der Waals surface area contributed by atoms with Gasteiger partial charge in [0.1, 0.15) is 0 Å². The van der Waals surface area contributed by atoms with Crippen LogP contribution in [0.15, 0.2) is 51.1 Å². The molecule has 0 aliphatic heterocycles. The zero-order valence-corrected chi connectivity index (χ0v) is 17.8. The molecular weight excluding hydrogens is 414 g/mol. The summed E-state index contributed by atoms with van der Waals surface area (Å²) < 4.78 is 38.1. The minimum absolute atomic E-state index is 0.0832. The van der Waals surface area contributed by atoms with Crippen molar-refractivity contribution in [3.8, 4) is 10.8 Å². The van der Waals surface area contributed by atoms with Crippen LogP contribution in [0.5, 0.6) is 0 Å². The predicted octanol–water partition coefficient (Wildman–Crippen LogP) is 3.79. The molecule has 0 amide bonds. The molecule has 1 aromatic carbocycles. The quantitative estimate of drug-likeness (QED) is 0.536. The number of nitrogens with one attached hydrogen (secondary N) is 1. The lowest BCUT2D eigenvalue weighted by molar-refractivity contribution is 0.0280. The molecule has 2 unspecified atom stereocenters. The summed E-state index contributed by atoms with van der Waals surface area (Å²) in [6.45, 7) is 5.30. The van der Waals surface area contributed by atoms with E-state index in [4.69, 9.17) is 9.15 Å². The summed E-state index contributed by atoms with van der Waals surface area (Å²) in [7, 11) is -3.63. The van der Waals surface area contributed by atoms with Gasteiger partial charge < -0.3 is 9.15 Å². The van der Waals surface area contributed by atoms with Crippen LogP contribution in [0.1, 0.15) is 49.5 Å². The molecule has 3 rings (SSSR count). The number of nitrogens with zero attached hydrogens (tertiary/aromatic N) is 2. The van der Waals surface area contributed by atoms with Gasteiger partial charge in [0, 0.05) is 6.04 Å². The highest BCUT2D eigenvalue weighted by molar-refractivity contribution is 7.89. The number of carbonyl (C=O) groups is 1. The van der Waals surface area contributed by atoms with Crippen LogP contribution in [-0.2, 0) is 14.8 Å². The summed E-state index contributed by atoms with van der Waals surface area (Å²) in [5.41, 5.74) is 0.220. The van der Waals surface area contributed by atoms with E-state index < -0.39 is 22.1 Å². The van der Waals surface area contributed by atoms with Crippen LogP contribution in [0.3, 0.4) is 0 Å². The SMILES string of the molecule is CCC(C)NS(=O)(=O)c1ccc(C(=O)OC(C)c2nnc(-c3cccs3)o2)cc1. The first-order chi connectivity index (χ1) is 13.8. The number of hydrogen-bond acceptors (Lipinski definition) is 8. The van der Waals surface area contributed by atoms with Gasteiger partial charge in [-0.15, -0.1) is 21.5 Å². The second kappa shape index (κ2) is 8.85. The monoisotopic (exact) mass is 435 g/mol. The van der Waals surface area contributed by atoms with E-state index in [0.29, 0.717) is 12.3 Å². The molecule has 2 atom stereocenters. The largest absolute Gasteiger partial charge is 0.449 e. The molecule has 2 aromatic heterocycles. The van der Waals surface area contributed by atoms with Gasteiger partial charge in [0.2, 0.25) is 10.0 Å². The molecule has 0 saturated carbocycles. The number of hydrogen-bond donors (Lipinski definition) is 1. The summed E-state index contributed by atoms with van der Waals surface area (Å²) in [6.07, 6.45) is -0.0787. The minimum Gasteiger partial charge on any atom is -0.449 e. The Balaban J connectivity index is 1.66. The average Bonchev–Trinajstić information content (AvgIpc) is 3.39. The van der Waals surface area contributed by atoms with Gasteiger partial charge in [0.15, 0.2) is 6.10 Å². The first kappa shape index (κ1) is 21.2. The van der Waals surface area contributed by atoms with Gasteiger partial charge >= 0.3 is 5.97 Å². The number of benzene rings is 1. The average molecular weight is 436 g/mol. The Morgan fingerprint density at radius 2 is 1.93 bits per heavy atom. The maximum atomic E-state index is 12.4. The summed E-state index contributed by atoms with van der Waals surface area (Å²) in [5.74, 6) is -0.0767. The molecule has 2 heterocycles. The molecule has 0 aliphatic rings. The van der Waals surface area contributed by atoms with Crippen LogP contribution in [0.2, 0.25) is 0 Å². The molecule has 154 valence electrons. The maximum absolute atomic E-state index is 12.4. The Morgan fingerprint density at radius 3 is 2.55 bits per heavy atom. The fourth-order valence-corrected chi connectivity index (χ4v) is 4.34. The van der Waals surface area contributed by atoms with E-state index in [9.17, 15) is 13.2 Å². The molecule has 1 N–H and O–H groups in total. The highest BCUT2D eigenvalue weighted by atomic mass is 32.2. The zero-order chi connectivity index (χ0) is 21.0. The molecule has 8 nitrogen and oxygen atoms in total. The van der Waals surface area contributed by atoms with Crippen LogP contribution in [0.25, 0.3) is 10.8 Å². The molecule has 29 heavy (non-hydrogen) atoms. The van der Waals surface area contributed by atoms with Gasteiger partial charge in [0.25, 0.3) is 11.8 Å². The van der Waals surface area contributed by atoms with Crippen LogP contribution in [0, 0.1) is 0 Å². The number of sulfonamides is 1. The van der Waals surface area contributed by atoms with E-state index in [1.54, 1.807) is 13.8 Å². The Labute approximate surface area is 173 Å². The molecule has 0 bridgehead atoms. The van der Waals surface area contributed by atoms with Crippen molar-refractivity contribution in [1.82, 2.24) is 14.9 Å². The van der Waals surface area contributed by atoms with E-state index >= 15 is 0 Å². The zero-order valence-electron chi connectivity index (χ0n) is 16.2. The van der Waals surface area contributed by atoms with Crippen molar-refractivity contribution >= 4 is 27.3 Å². The molecule has 0 fully saturated rings. The Hall–Kier alpha value is -2.56. The van der Waals surface area contributed by atoms with Gasteiger partial charge in [-0.1, -0.05) is 13.0 Å². The number of rotatable bonds is 8. The van der Waals surface area contributed by atoms with Crippen molar-refractivity contribution in [2.24, 2.45) is 0 Å². The van der Waals surface area contributed by atoms with E-state index in [1.807, 2.05) is 24.4 Å². The predicted molar refractivity (Wildman–Crippen MR) is 108 cm³/mol. The van der Waals surface area contributed by atoms with Crippen LogP contribution in [-0.4, -0.2) is 30.6 Å². The van der Waals surface area contributed by atoms with Crippen LogP contribution < -0.4 is 4.72 Å². The van der Waals surface area contributed by atoms with Gasteiger partial charge in [0.05, 0.1) is 15.3 Å². The Kier molecular flexibility index (Phi) is 6.46. The minimum atomic E-state index is -3.63. The van der Waals surface area contributed by atoms with Crippen molar-refractivity contribution in [3.63, 3.8) is 0 Å². The summed E-state index contributed by atoms with van der Waals surface area (Å²) in [5, 5.41) is 9.78. The molecule has 0 spiro atoms. The Morgan fingerprint density at radius 1 is 1.21 bits per heavy atom. The second-order valence-corrected chi connectivity index (χ2v) is 9.09. The van der Waals surface area contributed by atoms with E-state index in [1.165, 1.54) is 35.6 Å². The summed E-state index contributed by atoms with van der Waals surface area (Å²) >= 11 is 1.46. The van der Waals surface area contributed by atoms with Crippen molar-refractivity contribution < 1.29 is 22.4 Å². The normalized spacial score (nSPS) is 13.8. The standard InChI is InChI=1S/C19H21N3O5S2/c1-4-12(2)22-29(24,25)15-9-7-14(8-10-15)19(23)26-13(3)17-20-21-18(27-17)16-6-5-11-28-16/h5-13,22H,4H2,1-3H3. The van der Waals surface area contributed by atoms with Crippen molar-refractivity contribution in [1.29, 1.82) is 0 Å². The van der Waals surface area contributed by atoms with Crippen molar-refractivity contribution in [3.05, 3.63) is 53.2 Å². The highest BCUT2D eigenvalue weighted by Crippen LogP contribution is 2.26. The van der Waals surface area contributed by atoms with Crippen molar-refractivity contribution in [2.75, 3.05) is 0 Å². The molecule has 10 heteroatoms. The lowest BCUT2D eigenvalue weighted by Crippen LogP contribution is -2.32. The number of carbonyl (C=O) groups excluding carboxylic acids is 1. The highest BCUT2D eigenvalue weighted by Gasteiger charge is 2.21. The molecule has 3 aromatic rings. The number of thiophene rings is 1. The number of esters is 1.